The molecule has 0 aliphatic heterocycles. The fourth-order valence-corrected chi connectivity index (χ4v) is 2.55. The lowest BCUT2D eigenvalue weighted by atomic mass is 9.98. The van der Waals surface area contributed by atoms with Crippen molar-refractivity contribution in [3.8, 4) is 5.75 Å². The quantitative estimate of drug-likeness (QED) is 0.931. The standard InChI is InChI=1S/C15H16FNO3S/c1-15(2,3)14-17-10(8-21-14)7-20-12-6-9(16)4-5-11(12)13(18)19/h4-6,8H,7H2,1-3H3,(H,18,19). The molecular formula is C15H16FNO3S. The number of hydrogen-bond donors (Lipinski definition) is 1. The Morgan fingerprint density at radius 2 is 2.14 bits per heavy atom. The summed E-state index contributed by atoms with van der Waals surface area (Å²) in [5, 5.41) is 11.9. The first kappa shape index (κ1) is 15.4. The Labute approximate surface area is 126 Å². The van der Waals surface area contributed by atoms with Crippen molar-refractivity contribution in [1.82, 2.24) is 4.98 Å². The van der Waals surface area contributed by atoms with Crippen LogP contribution in [0.1, 0.15) is 41.8 Å². The van der Waals surface area contributed by atoms with Crippen molar-refractivity contribution in [3.05, 3.63) is 45.7 Å². The monoisotopic (exact) mass is 309 g/mol. The van der Waals surface area contributed by atoms with Crippen molar-refractivity contribution in [2.45, 2.75) is 32.8 Å². The molecule has 0 saturated carbocycles. The molecule has 0 radical (unpaired) electrons. The van der Waals surface area contributed by atoms with Gasteiger partial charge in [-0.3, -0.25) is 0 Å². The smallest absolute Gasteiger partial charge is 0.339 e. The number of nitrogens with zero attached hydrogens (tertiary/aromatic N) is 1. The molecule has 1 N–H and O–H groups in total. The molecule has 1 aromatic heterocycles. The zero-order valence-corrected chi connectivity index (χ0v) is 12.8. The topological polar surface area (TPSA) is 59.4 Å². The summed E-state index contributed by atoms with van der Waals surface area (Å²) in [6.07, 6.45) is 0. The van der Waals surface area contributed by atoms with Crippen LogP contribution in [-0.2, 0) is 12.0 Å². The van der Waals surface area contributed by atoms with Crippen LogP contribution < -0.4 is 4.74 Å². The van der Waals surface area contributed by atoms with Gasteiger partial charge in [-0.1, -0.05) is 20.8 Å². The van der Waals surface area contributed by atoms with Crippen molar-refractivity contribution >= 4 is 17.3 Å². The summed E-state index contributed by atoms with van der Waals surface area (Å²) in [5.74, 6) is -1.69. The van der Waals surface area contributed by atoms with E-state index in [0.717, 1.165) is 17.1 Å². The largest absolute Gasteiger partial charge is 0.486 e. The number of rotatable bonds is 4. The van der Waals surface area contributed by atoms with Crippen LogP contribution in [0.4, 0.5) is 4.39 Å². The number of aromatic carboxylic acids is 1. The van der Waals surface area contributed by atoms with Gasteiger partial charge >= 0.3 is 5.97 Å². The van der Waals surface area contributed by atoms with Crippen LogP contribution in [0.5, 0.6) is 5.75 Å². The number of halogens is 1. The van der Waals surface area contributed by atoms with E-state index in [1.54, 1.807) is 0 Å². The van der Waals surface area contributed by atoms with Gasteiger partial charge in [0.2, 0.25) is 0 Å². The minimum Gasteiger partial charge on any atom is -0.486 e. The first-order chi connectivity index (χ1) is 9.77. The molecule has 0 spiro atoms. The highest BCUT2D eigenvalue weighted by Gasteiger charge is 2.18. The number of carboxylic acid groups (broad SMARTS) is 1. The molecule has 2 rings (SSSR count). The van der Waals surface area contributed by atoms with Gasteiger partial charge in [-0.2, -0.15) is 0 Å². The fourth-order valence-electron chi connectivity index (χ4n) is 1.66. The predicted molar refractivity (Wildman–Crippen MR) is 78.5 cm³/mol. The second-order valence-electron chi connectivity index (χ2n) is 5.63. The molecular weight excluding hydrogens is 293 g/mol. The van der Waals surface area contributed by atoms with Gasteiger partial charge in [-0.15, -0.1) is 11.3 Å². The maximum atomic E-state index is 13.2. The molecule has 1 heterocycles. The number of ether oxygens (including phenoxy) is 1. The summed E-state index contributed by atoms with van der Waals surface area (Å²) < 4.78 is 18.6. The first-order valence-electron chi connectivity index (χ1n) is 6.38. The van der Waals surface area contributed by atoms with Crippen LogP contribution in [0.2, 0.25) is 0 Å². The third kappa shape index (κ3) is 3.78. The highest BCUT2D eigenvalue weighted by atomic mass is 32.1. The van der Waals surface area contributed by atoms with E-state index in [2.05, 4.69) is 25.8 Å². The van der Waals surface area contributed by atoms with E-state index < -0.39 is 11.8 Å². The Morgan fingerprint density at radius 1 is 1.43 bits per heavy atom. The molecule has 4 nitrogen and oxygen atoms in total. The lowest BCUT2D eigenvalue weighted by molar-refractivity contribution is 0.0691. The Hall–Kier alpha value is -1.95. The Balaban J connectivity index is 2.15. The molecule has 0 atom stereocenters. The summed E-state index contributed by atoms with van der Waals surface area (Å²) in [6, 6.07) is 3.35. The summed E-state index contributed by atoms with van der Waals surface area (Å²) in [5.41, 5.74) is 0.585. The van der Waals surface area contributed by atoms with Crippen molar-refractivity contribution in [2.75, 3.05) is 0 Å². The average Bonchev–Trinajstić information content (AvgIpc) is 2.84. The van der Waals surface area contributed by atoms with E-state index in [1.165, 1.54) is 17.4 Å². The van der Waals surface area contributed by atoms with Gasteiger partial charge in [0.15, 0.2) is 0 Å². The fraction of sp³-hybridized carbons (Fsp3) is 0.333. The summed E-state index contributed by atoms with van der Waals surface area (Å²) in [7, 11) is 0. The molecule has 21 heavy (non-hydrogen) atoms. The average molecular weight is 309 g/mol. The number of carbonyl (C=O) groups is 1. The van der Waals surface area contributed by atoms with E-state index >= 15 is 0 Å². The molecule has 0 unspecified atom stereocenters. The van der Waals surface area contributed by atoms with E-state index in [1.807, 2.05) is 5.38 Å². The molecule has 1 aromatic carbocycles. The lowest BCUT2D eigenvalue weighted by Gasteiger charge is -2.13. The third-order valence-corrected chi connectivity index (χ3v) is 4.06. The van der Waals surface area contributed by atoms with Crippen LogP contribution in [-0.4, -0.2) is 16.1 Å². The Bertz CT molecular complexity index is 661. The Kier molecular flexibility index (Phi) is 4.27. The van der Waals surface area contributed by atoms with E-state index in [9.17, 15) is 9.18 Å². The maximum Gasteiger partial charge on any atom is 0.339 e. The first-order valence-corrected chi connectivity index (χ1v) is 7.26. The minimum atomic E-state index is -1.15. The summed E-state index contributed by atoms with van der Waals surface area (Å²) >= 11 is 1.52. The van der Waals surface area contributed by atoms with Crippen molar-refractivity contribution in [2.24, 2.45) is 0 Å². The van der Waals surface area contributed by atoms with E-state index in [4.69, 9.17) is 9.84 Å². The molecule has 0 amide bonds. The highest BCUT2D eigenvalue weighted by molar-refractivity contribution is 7.09. The van der Waals surface area contributed by atoms with Gasteiger partial charge in [0.1, 0.15) is 23.7 Å². The van der Waals surface area contributed by atoms with Crippen LogP contribution in [0.15, 0.2) is 23.6 Å². The molecule has 0 bridgehead atoms. The number of thiazole rings is 1. The van der Waals surface area contributed by atoms with Gasteiger partial charge in [0.05, 0.1) is 10.7 Å². The van der Waals surface area contributed by atoms with Gasteiger partial charge in [-0.05, 0) is 12.1 Å². The second-order valence-corrected chi connectivity index (χ2v) is 6.49. The zero-order chi connectivity index (χ0) is 15.6. The highest BCUT2D eigenvalue weighted by Crippen LogP contribution is 2.26. The van der Waals surface area contributed by atoms with Crippen molar-refractivity contribution in [3.63, 3.8) is 0 Å². The van der Waals surface area contributed by atoms with Crippen LogP contribution >= 0.6 is 11.3 Å². The number of carboxylic acids is 1. The zero-order valence-electron chi connectivity index (χ0n) is 12.0. The van der Waals surface area contributed by atoms with Gasteiger partial charge in [-0.25, -0.2) is 14.2 Å². The van der Waals surface area contributed by atoms with Crippen LogP contribution in [0.25, 0.3) is 0 Å². The number of aromatic nitrogens is 1. The van der Waals surface area contributed by atoms with Crippen molar-refractivity contribution in [1.29, 1.82) is 0 Å². The van der Waals surface area contributed by atoms with Gasteiger partial charge < -0.3 is 9.84 Å². The molecule has 112 valence electrons. The maximum absolute atomic E-state index is 13.2. The number of hydrogen-bond acceptors (Lipinski definition) is 4. The SMILES string of the molecule is CC(C)(C)c1nc(COc2cc(F)ccc2C(=O)O)cs1. The van der Waals surface area contributed by atoms with E-state index in [-0.39, 0.29) is 23.3 Å². The predicted octanol–water partition coefficient (Wildman–Crippen LogP) is 3.86. The van der Waals surface area contributed by atoms with Crippen LogP contribution in [0, 0.1) is 5.82 Å². The van der Waals surface area contributed by atoms with E-state index in [0.29, 0.717) is 5.69 Å². The normalized spacial score (nSPS) is 11.4. The number of benzene rings is 1. The summed E-state index contributed by atoms with van der Waals surface area (Å²) in [6.45, 7) is 6.29. The molecule has 2 aromatic rings. The van der Waals surface area contributed by atoms with Crippen molar-refractivity contribution < 1.29 is 19.0 Å². The molecule has 0 aliphatic rings. The van der Waals surface area contributed by atoms with Crippen LogP contribution in [0.3, 0.4) is 0 Å². The molecule has 0 fully saturated rings. The minimum absolute atomic E-state index is 0.00723. The Morgan fingerprint density at radius 3 is 2.71 bits per heavy atom. The summed E-state index contributed by atoms with van der Waals surface area (Å²) in [4.78, 5) is 15.5. The third-order valence-electron chi connectivity index (χ3n) is 2.74. The molecule has 6 heteroatoms. The second kappa shape index (κ2) is 5.81. The van der Waals surface area contributed by atoms with Gasteiger partial charge in [0, 0.05) is 16.9 Å². The molecule has 0 saturated heterocycles. The van der Waals surface area contributed by atoms with Gasteiger partial charge in [0.25, 0.3) is 0 Å². The molecule has 0 aliphatic carbocycles. The lowest BCUT2D eigenvalue weighted by Crippen LogP contribution is -2.11.